The number of aromatic nitrogens is 2. The first-order chi connectivity index (χ1) is 7.38. The largest absolute Gasteiger partial charge is 0.347 e. The molecule has 1 fully saturated rings. The third kappa shape index (κ3) is 2.13. The van der Waals surface area contributed by atoms with E-state index >= 15 is 0 Å². The maximum atomic E-state index is 11.7. The Bertz CT molecular complexity index is 490. The van der Waals surface area contributed by atoms with Gasteiger partial charge < -0.3 is 10.3 Å². The summed E-state index contributed by atoms with van der Waals surface area (Å²) in [5.74, 6) is 0.311. The minimum atomic E-state index is -0.439. The van der Waals surface area contributed by atoms with Gasteiger partial charge in [-0.15, -0.1) is 0 Å². The maximum Gasteiger partial charge on any atom is 0.347 e. The van der Waals surface area contributed by atoms with Crippen LogP contribution in [0, 0.1) is 18.3 Å². The summed E-state index contributed by atoms with van der Waals surface area (Å²) in [4.78, 5) is 29.1. The second-order valence-corrected chi connectivity index (χ2v) is 4.99. The lowest BCUT2D eigenvalue weighted by Crippen LogP contribution is -2.21. The summed E-state index contributed by atoms with van der Waals surface area (Å²) in [6, 6.07) is 1.65. The third-order valence-corrected chi connectivity index (χ3v) is 2.96. The molecule has 1 aromatic rings. The van der Waals surface area contributed by atoms with Crippen LogP contribution in [0.25, 0.3) is 0 Å². The Morgan fingerprint density at radius 2 is 2.25 bits per heavy atom. The molecule has 2 rings (SSSR count). The molecule has 1 saturated carbocycles. The molecule has 1 atom stereocenters. The fourth-order valence-electron chi connectivity index (χ4n) is 1.77. The molecule has 1 amide bonds. The molecule has 5 nitrogen and oxygen atoms in total. The van der Waals surface area contributed by atoms with Crippen molar-refractivity contribution in [2.45, 2.75) is 27.2 Å². The van der Waals surface area contributed by atoms with Crippen molar-refractivity contribution in [2.24, 2.45) is 11.3 Å². The van der Waals surface area contributed by atoms with Crippen molar-refractivity contribution in [1.82, 2.24) is 9.97 Å². The molecule has 1 unspecified atom stereocenters. The number of aromatic amines is 1. The average molecular weight is 221 g/mol. The highest BCUT2D eigenvalue weighted by Crippen LogP contribution is 2.51. The smallest absolute Gasteiger partial charge is 0.310 e. The summed E-state index contributed by atoms with van der Waals surface area (Å²) >= 11 is 0. The zero-order valence-corrected chi connectivity index (χ0v) is 9.63. The van der Waals surface area contributed by atoms with Crippen LogP contribution in [0.1, 0.15) is 26.0 Å². The van der Waals surface area contributed by atoms with Gasteiger partial charge in [0.25, 0.3) is 0 Å². The predicted molar refractivity (Wildman–Crippen MR) is 60.1 cm³/mol. The molecule has 0 aliphatic heterocycles. The predicted octanol–water partition coefficient (Wildman–Crippen LogP) is 1.06. The van der Waals surface area contributed by atoms with Crippen molar-refractivity contribution in [3.63, 3.8) is 0 Å². The van der Waals surface area contributed by atoms with Gasteiger partial charge in [-0.25, -0.2) is 4.79 Å². The summed E-state index contributed by atoms with van der Waals surface area (Å²) in [6.07, 6.45) is 0.890. The van der Waals surface area contributed by atoms with E-state index in [-0.39, 0.29) is 17.2 Å². The number of rotatable bonds is 2. The van der Waals surface area contributed by atoms with Crippen molar-refractivity contribution < 1.29 is 4.79 Å². The van der Waals surface area contributed by atoms with Crippen molar-refractivity contribution in [1.29, 1.82) is 0 Å². The molecule has 0 aromatic carbocycles. The first-order valence-corrected chi connectivity index (χ1v) is 5.27. The third-order valence-electron chi connectivity index (χ3n) is 2.96. The number of carbonyl (C=O) groups excluding carboxylic acids is 1. The highest BCUT2D eigenvalue weighted by atomic mass is 16.2. The fourth-order valence-corrected chi connectivity index (χ4v) is 1.77. The Hall–Kier alpha value is -1.65. The van der Waals surface area contributed by atoms with Gasteiger partial charge in [-0.1, -0.05) is 13.8 Å². The molecule has 0 spiro atoms. The summed E-state index contributed by atoms with van der Waals surface area (Å²) in [6.45, 7) is 5.85. The second kappa shape index (κ2) is 3.43. The van der Waals surface area contributed by atoms with E-state index in [1.54, 1.807) is 13.0 Å². The first-order valence-electron chi connectivity index (χ1n) is 5.27. The van der Waals surface area contributed by atoms with E-state index in [0.29, 0.717) is 11.5 Å². The number of hydrogen-bond donors (Lipinski definition) is 2. The van der Waals surface area contributed by atoms with E-state index in [1.807, 2.05) is 13.8 Å². The van der Waals surface area contributed by atoms with Gasteiger partial charge in [-0.05, 0) is 18.8 Å². The topological polar surface area (TPSA) is 74.8 Å². The van der Waals surface area contributed by atoms with Gasteiger partial charge in [0.1, 0.15) is 5.82 Å². The van der Waals surface area contributed by atoms with E-state index in [1.165, 1.54) is 0 Å². The molecule has 0 radical (unpaired) electrons. The van der Waals surface area contributed by atoms with Crippen LogP contribution in [-0.4, -0.2) is 15.9 Å². The molecule has 1 aliphatic carbocycles. The lowest BCUT2D eigenvalue weighted by Gasteiger charge is -2.05. The van der Waals surface area contributed by atoms with Gasteiger partial charge in [-0.2, -0.15) is 4.98 Å². The minimum absolute atomic E-state index is 0.0360. The Morgan fingerprint density at radius 1 is 1.62 bits per heavy atom. The van der Waals surface area contributed by atoms with E-state index < -0.39 is 5.69 Å². The molecule has 1 aliphatic rings. The monoisotopic (exact) mass is 221 g/mol. The lowest BCUT2D eigenvalue weighted by molar-refractivity contribution is -0.118. The van der Waals surface area contributed by atoms with Gasteiger partial charge >= 0.3 is 5.69 Å². The van der Waals surface area contributed by atoms with Crippen LogP contribution >= 0.6 is 0 Å². The molecule has 5 heteroatoms. The number of H-pyrrole nitrogens is 1. The Morgan fingerprint density at radius 3 is 2.75 bits per heavy atom. The number of anilines is 1. The van der Waals surface area contributed by atoms with Crippen LogP contribution in [0.4, 0.5) is 5.82 Å². The van der Waals surface area contributed by atoms with Gasteiger partial charge in [0, 0.05) is 17.7 Å². The van der Waals surface area contributed by atoms with E-state index in [9.17, 15) is 9.59 Å². The quantitative estimate of drug-likeness (QED) is 0.784. The zero-order valence-electron chi connectivity index (χ0n) is 9.63. The molecule has 0 bridgehead atoms. The second-order valence-electron chi connectivity index (χ2n) is 4.99. The highest BCUT2D eigenvalue weighted by molar-refractivity contribution is 5.94. The number of aryl methyl sites for hydroxylation is 1. The lowest BCUT2D eigenvalue weighted by atomic mass is 10.1. The standard InChI is InChI=1S/C11H15N3O2/c1-6-4-8(14-10(16)12-6)13-9(15)7-5-11(7,2)3/h4,7H,5H2,1-3H3,(H2,12,13,14,15,16). The fraction of sp³-hybridized carbons (Fsp3) is 0.545. The Labute approximate surface area is 93.3 Å². The van der Waals surface area contributed by atoms with Crippen LogP contribution < -0.4 is 11.0 Å². The van der Waals surface area contributed by atoms with E-state index in [4.69, 9.17) is 0 Å². The normalized spacial score (nSPS) is 21.6. The van der Waals surface area contributed by atoms with Crippen molar-refractivity contribution >= 4 is 11.7 Å². The molecule has 1 heterocycles. The van der Waals surface area contributed by atoms with Gasteiger partial charge in [0.05, 0.1) is 0 Å². The summed E-state index contributed by atoms with van der Waals surface area (Å²) in [7, 11) is 0. The molecule has 0 saturated heterocycles. The maximum absolute atomic E-state index is 11.7. The van der Waals surface area contributed by atoms with Crippen LogP contribution in [0.3, 0.4) is 0 Å². The zero-order chi connectivity index (χ0) is 11.9. The van der Waals surface area contributed by atoms with Crippen LogP contribution in [0.5, 0.6) is 0 Å². The SMILES string of the molecule is Cc1cc(NC(=O)C2CC2(C)C)nc(=O)[nH]1. The molecule has 2 N–H and O–H groups in total. The summed E-state index contributed by atoms with van der Waals surface area (Å²) < 4.78 is 0. The molecule has 1 aromatic heterocycles. The van der Waals surface area contributed by atoms with Crippen LogP contribution in [0.15, 0.2) is 10.9 Å². The highest BCUT2D eigenvalue weighted by Gasteiger charge is 2.50. The molecular formula is C11H15N3O2. The first kappa shape index (κ1) is 10.9. The number of carbonyl (C=O) groups is 1. The number of nitrogens with zero attached hydrogens (tertiary/aromatic N) is 1. The average Bonchev–Trinajstić information content (AvgIpc) is 2.73. The van der Waals surface area contributed by atoms with Gasteiger partial charge in [0.2, 0.25) is 5.91 Å². The van der Waals surface area contributed by atoms with Crippen LogP contribution in [-0.2, 0) is 4.79 Å². The van der Waals surface area contributed by atoms with Crippen LogP contribution in [0.2, 0.25) is 0 Å². The molecular weight excluding hydrogens is 206 g/mol. The number of hydrogen-bond acceptors (Lipinski definition) is 3. The van der Waals surface area contributed by atoms with Crippen molar-refractivity contribution in [3.05, 3.63) is 22.2 Å². The van der Waals surface area contributed by atoms with E-state index in [2.05, 4.69) is 15.3 Å². The Balaban J connectivity index is 2.10. The minimum Gasteiger partial charge on any atom is -0.310 e. The van der Waals surface area contributed by atoms with Gasteiger partial charge in [-0.3, -0.25) is 4.79 Å². The van der Waals surface area contributed by atoms with E-state index in [0.717, 1.165) is 6.42 Å². The van der Waals surface area contributed by atoms with Crippen molar-refractivity contribution in [2.75, 3.05) is 5.32 Å². The number of amides is 1. The summed E-state index contributed by atoms with van der Waals surface area (Å²) in [5, 5.41) is 2.67. The molecule has 16 heavy (non-hydrogen) atoms. The summed E-state index contributed by atoms with van der Waals surface area (Å²) in [5.41, 5.74) is 0.330. The number of nitrogens with one attached hydrogen (secondary N) is 2. The molecule has 86 valence electrons. The Kier molecular flexibility index (Phi) is 2.33. The van der Waals surface area contributed by atoms with Gasteiger partial charge in [0.15, 0.2) is 0 Å². The van der Waals surface area contributed by atoms with Crippen molar-refractivity contribution in [3.8, 4) is 0 Å².